The normalized spacial score (nSPS) is 11.7. The van der Waals surface area contributed by atoms with Crippen molar-refractivity contribution in [1.29, 1.82) is 0 Å². The van der Waals surface area contributed by atoms with Crippen molar-refractivity contribution in [1.82, 2.24) is 14.5 Å². The second kappa shape index (κ2) is 6.99. The molecule has 2 heterocycles. The number of hydrogen-bond donors (Lipinski definition) is 1. The zero-order chi connectivity index (χ0) is 19.7. The molecule has 2 aromatic carbocycles. The first kappa shape index (κ1) is 18.0. The molecular weight excluding hydrogens is 365 g/mol. The van der Waals surface area contributed by atoms with E-state index >= 15 is 0 Å². The van der Waals surface area contributed by atoms with Crippen molar-refractivity contribution in [2.75, 3.05) is 11.9 Å². The molecule has 0 amide bonds. The van der Waals surface area contributed by atoms with Crippen LogP contribution in [0.15, 0.2) is 67.1 Å². The molecule has 0 bridgehead atoms. The molecule has 0 fully saturated rings. The van der Waals surface area contributed by atoms with Crippen molar-refractivity contribution >= 4 is 16.9 Å². The zero-order valence-corrected chi connectivity index (χ0v) is 15.0. The van der Waals surface area contributed by atoms with Gasteiger partial charge in [-0.05, 0) is 30.7 Å². The summed E-state index contributed by atoms with van der Waals surface area (Å²) in [5.41, 5.74) is 2.03. The van der Waals surface area contributed by atoms with E-state index in [1.807, 2.05) is 43.5 Å². The summed E-state index contributed by atoms with van der Waals surface area (Å²) < 4.78 is 41.2. The Kier molecular flexibility index (Phi) is 4.50. The third-order valence-corrected chi connectivity index (χ3v) is 4.46. The minimum Gasteiger partial charge on any atom is -0.370 e. The maximum Gasteiger partial charge on any atom is 0.416 e. The predicted molar refractivity (Wildman–Crippen MR) is 103 cm³/mol. The van der Waals surface area contributed by atoms with E-state index in [9.17, 15) is 13.2 Å². The van der Waals surface area contributed by atoms with E-state index in [-0.39, 0.29) is 0 Å². The van der Waals surface area contributed by atoms with Crippen LogP contribution in [0.25, 0.3) is 27.8 Å². The van der Waals surface area contributed by atoms with Gasteiger partial charge in [0.1, 0.15) is 12.1 Å². The lowest BCUT2D eigenvalue weighted by Gasteiger charge is -2.10. The number of nitrogens with zero attached hydrogens (tertiary/aromatic N) is 3. The van der Waals surface area contributed by atoms with Gasteiger partial charge in [0, 0.05) is 24.0 Å². The number of alkyl halides is 3. The van der Waals surface area contributed by atoms with Gasteiger partial charge in [0.15, 0.2) is 5.65 Å². The molecule has 0 saturated carbocycles. The van der Waals surface area contributed by atoms with Gasteiger partial charge in [-0.15, -0.1) is 0 Å². The average molecular weight is 382 g/mol. The number of benzene rings is 2. The van der Waals surface area contributed by atoms with Crippen molar-refractivity contribution in [3.8, 4) is 16.8 Å². The maximum absolute atomic E-state index is 13.2. The van der Waals surface area contributed by atoms with E-state index in [4.69, 9.17) is 0 Å². The van der Waals surface area contributed by atoms with Gasteiger partial charge in [-0.25, -0.2) is 9.97 Å². The Bertz CT molecular complexity index is 1120. The van der Waals surface area contributed by atoms with E-state index in [0.29, 0.717) is 23.7 Å². The molecule has 7 heteroatoms. The van der Waals surface area contributed by atoms with Crippen LogP contribution in [0.1, 0.15) is 12.5 Å². The highest BCUT2D eigenvalue weighted by Gasteiger charge is 2.30. The predicted octanol–water partition coefficient (Wildman–Crippen LogP) is 5.54. The van der Waals surface area contributed by atoms with Crippen molar-refractivity contribution in [2.24, 2.45) is 0 Å². The fourth-order valence-corrected chi connectivity index (χ4v) is 3.23. The van der Waals surface area contributed by atoms with E-state index in [1.54, 1.807) is 10.6 Å². The second-order valence-electron chi connectivity index (χ2n) is 6.28. The fraction of sp³-hybridized carbons (Fsp3) is 0.143. The molecular formula is C21H17F3N4. The van der Waals surface area contributed by atoms with Gasteiger partial charge in [0.25, 0.3) is 0 Å². The SMILES string of the molecule is CCNc1ncnc2c1c(-c1ccccc1)cn2-c1cccc(C(F)(F)F)c1. The molecule has 1 N–H and O–H groups in total. The first-order valence-electron chi connectivity index (χ1n) is 8.82. The molecule has 0 aliphatic heterocycles. The highest BCUT2D eigenvalue weighted by Crippen LogP contribution is 2.36. The van der Waals surface area contributed by atoms with E-state index in [1.165, 1.54) is 12.4 Å². The monoisotopic (exact) mass is 382 g/mol. The van der Waals surface area contributed by atoms with Crippen molar-refractivity contribution < 1.29 is 13.2 Å². The Morgan fingerprint density at radius 3 is 2.50 bits per heavy atom. The number of halogens is 3. The zero-order valence-electron chi connectivity index (χ0n) is 15.0. The quantitative estimate of drug-likeness (QED) is 0.504. The first-order chi connectivity index (χ1) is 13.5. The van der Waals surface area contributed by atoms with Gasteiger partial charge in [0.2, 0.25) is 0 Å². The van der Waals surface area contributed by atoms with Crippen LogP contribution in [-0.2, 0) is 6.18 Å². The van der Waals surface area contributed by atoms with Crippen LogP contribution in [0.5, 0.6) is 0 Å². The Hall–Kier alpha value is -3.35. The second-order valence-corrected chi connectivity index (χ2v) is 6.28. The van der Waals surface area contributed by atoms with Crippen LogP contribution in [0.3, 0.4) is 0 Å². The average Bonchev–Trinajstić information content (AvgIpc) is 3.09. The summed E-state index contributed by atoms with van der Waals surface area (Å²) in [6, 6.07) is 14.9. The third kappa shape index (κ3) is 3.19. The van der Waals surface area contributed by atoms with E-state index in [0.717, 1.165) is 28.6 Å². The Balaban J connectivity index is 2.00. The fourth-order valence-electron chi connectivity index (χ4n) is 3.23. The number of nitrogens with one attached hydrogen (secondary N) is 1. The van der Waals surface area contributed by atoms with Gasteiger partial charge in [-0.3, -0.25) is 0 Å². The molecule has 0 unspecified atom stereocenters. The number of fused-ring (bicyclic) bond motifs is 1. The molecule has 0 aliphatic carbocycles. The highest BCUT2D eigenvalue weighted by molar-refractivity contribution is 6.02. The van der Waals surface area contributed by atoms with Gasteiger partial charge in [-0.2, -0.15) is 13.2 Å². The summed E-state index contributed by atoms with van der Waals surface area (Å²) in [6.07, 6.45) is -1.19. The highest BCUT2D eigenvalue weighted by atomic mass is 19.4. The maximum atomic E-state index is 13.2. The smallest absolute Gasteiger partial charge is 0.370 e. The van der Waals surface area contributed by atoms with Crippen LogP contribution in [0, 0.1) is 0 Å². The molecule has 0 saturated heterocycles. The number of aromatic nitrogens is 3. The van der Waals surface area contributed by atoms with E-state index < -0.39 is 11.7 Å². The molecule has 4 aromatic rings. The van der Waals surface area contributed by atoms with Gasteiger partial charge >= 0.3 is 6.18 Å². The number of rotatable bonds is 4. The third-order valence-electron chi connectivity index (χ3n) is 4.46. The Morgan fingerprint density at radius 2 is 1.79 bits per heavy atom. The molecule has 28 heavy (non-hydrogen) atoms. The molecule has 2 aromatic heterocycles. The van der Waals surface area contributed by atoms with Crippen LogP contribution >= 0.6 is 0 Å². The van der Waals surface area contributed by atoms with Crippen molar-refractivity contribution in [3.05, 3.63) is 72.7 Å². The molecule has 142 valence electrons. The van der Waals surface area contributed by atoms with Crippen molar-refractivity contribution in [3.63, 3.8) is 0 Å². The van der Waals surface area contributed by atoms with Crippen LogP contribution in [0.2, 0.25) is 0 Å². The summed E-state index contributed by atoms with van der Waals surface area (Å²) in [4.78, 5) is 8.70. The minimum absolute atomic E-state index is 0.392. The molecule has 4 rings (SSSR count). The molecule has 0 spiro atoms. The Morgan fingerprint density at radius 1 is 1.00 bits per heavy atom. The topological polar surface area (TPSA) is 42.7 Å². The van der Waals surface area contributed by atoms with Crippen molar-refractivity contribution in [2.45, 2.75) is 13.1 Å². The number of anilines is 1. The molecule has 0 aliphatic rings. The van der Waals surface area contributed by atoms with E-state index in [2.05, 4.69) is 15.3 Å². The standard InChI is InChI=1S/C21H17F3N4/c1-2-25-19-18-17(14-7-4-3-5-8-14)12-28(20(18)27-13-26-19)16-10-6-9-15(11-16)21(22,23)24/h3-13H,2H2,1H3,(H,25,26,27). The van der Waals surface area contributed by atoms with Crippen LogP contribution in [-0.4, -0.2) is 21.1 Å². The lowest BCUT2D eigenvalue weighted by Crippen LogP contribution is -2.06. The molecule has 0 atom stereocenters. The van der Waals surface area contributed by atoms with Gasteiger partial charge < -0.3 is 9.88 Å². The van der Waals surface area contributed by atoms with Crippen LogP contribution < -0.4 is 5.32 Å². The Labute approximate surface area is 159 Å². The first-order valence-corrected chi connectivity index (χ1v) is 8.82. The lowest BCUT2D eigenvalue weighted by molar-refractivity contribution is -0.137. The van der Waals surface area contributed by atoms with Gasteiger partial charge in [0.05, 0.1) is 10.9 Å². The summed E-state index contributed by atoms with van der Waals surface area (Å²) in [6.45, 7) is 2.62. The van der Waals surface area contributed by atoms with Gasteiger partial charge in [-0.1, -0.05) is 36.4 Å². The summed E-state index contributed by atoms with van der Waals surface area (Å²) in [5, 5.41) is 3.99. The largest absolute Gasteiger partial charge is 0.416 e. The lowest BCUT2D eigenvalue weighted by atomic mass is 10.1. The summed E-state index contributed by atoms with van der Waals surface area (Å²) in [5.74, 6) is 0.650. The summed E-state index contributed by atoms with van der Waals surface area (Å²) in [7, 11) is 0. The minimum atomic E-state index is -4.41. The molecule has 0 radical (unpaired) electrons. The number of hydrogen-bond acceptors (Lipinski definition) is 3. The summed E-state index contributed by atoms with van der Waals surface area (Å²) >= 11 is 0. The van der Waals surface area contributed by atoms with Crippen LogP contribution in [0.4, 0.5) is 19.0 Å². The molecule has 4 nitrogen and oxygen atoms in total.